The van der Waals surface area contributed by atoms with Gasteiger partial charge in [-0.1, -0.05) is 37.9 Å². The van der Waals surface area contributed by atoms with Gasteiger partial charge in [-0.2, -0.15) is 0 Å². The maximum Gasteiger partial charge on any atom is 0.0102 e. The van der Waals surface area contributed by atoms with E-state index in [9.17, 15) is 0 Å². The summed E-state index contributed by atoms with van der Waals surface area (Å²) < 4.78 is 0. The fourth-order valence-electron chi connectivity index (χ4n) is 0.167. The van der Waals surface area contributed by atoms with Crippen LogP contribution in [0.15, 0.2) is 12.7 Å². The van der Waals surface area contributed by atoms with Crippen molar-refractivity contribution in [1.82, 2.24) is 0 Å². The summed E-state index contributed by atoms with van der Waals surface area (Å²) in [4.78, 5) is 0. The summed E-state index contributed by atoms with van der Waals surface area (Å²) in [5.41, 5.74) is 0. The predicted molar refractivity (Wildman–Crippen MR) is 41.3 cm³/mol. The molecule has 0 spiro atoms. The van der Waals surface area contributed by atoms with Gasteiger partial charge in [0.2, 0.25) is 0 Å². The molecular formula is C5H8Br2. The lowest BCUT2D eigenvalue weighted by Gasteiger charge is -1.98. The minimum atomic E-state index is 0.583. The molecule has 2 heteroatoms. The van der Waals surface area contributed by atoms with Gasteiger partial charge in [0.25, 0.3) is 0 Å². The second-order valence-electron chi connectivity index (χ2n) is 1.30. The molecule has 0 radical (unpaired) electrons. The third-order valence-electron chi connectivity index (χ3n) is 0.730. The van der Waals surface area contributed by atoms with E-state index in [2.05, 4.69) is 38.4 Å². The van der Waals surface area contributed by atoms with Crippen molar-refractivity contribution in [1.29, 1.82) is 0 Å². The minimum Gasteiger partial charge on any atom is -0.103 e. The van der Waals surface area contributed by atoms with E-state index < -0.39 is 0 Å². The summed E-state index contributed by atoms with van der Waals surface area (Å²) >= 11 is 6.67. The van der Waals surface area contributed by atoms with Crippen LogP contribution in [0, 0.1) is 5.92 Å². The zero-order chi connectivity index (χ0) is 5.70. The summed E-state index contributed by atoms with van der Waals surface area (Å²) in [5.74, 6) is 0.583. The van der Waals surface area contributed by atoms with Crippen molar-refractivity contribution in [2.24, 2.45) is 5.92 Å². The van der Waals surface area contributed by atoms with Crippen LogP contribution in [0.5, 0.6) is 0 Å². The second kappa shape index (κ2) is 4.85. The molecule has 0 rings (SSSR count). The van der Waals surface area contributed by atoms with Crippen LogP contribution in [0.1, 0.15) is 0 Å². The van der Waals surface area contributed by atoms with Crippen LogP contribution in [0.2, 0.25) is 0 Å². The maximum absolute atomic E-state index is 3.64. The molecule has 0 saturated carbocycles. The van der Waals surface area contributed by atoms with Crippen molar-refractivity contribution >= 4 is 31.9 Å². The first kappa shape index (κ1) is 7.70. The Morgan fingerprint density at radius 1 is 1.43 bits per heavy atom. The van der Waals surface area contributed by atoms with E-state index in [1.807, 2.05) is 6.08 Å². The van der Waals surface area contributed by atoms with Crippen LogP contribution in [-0.2, 0) is 0 Å². The second-order valence-corrected chi connectivity index (χ2v) is 2.60. The monoisotopic (exact) mass is 226 g/mol. The quantitative estimate of drug-likeness (QED) is 0.514. The molecule has 0 aromatic rings. The van der Waals surface area contributed by atoms with Crippen LogP contribution in [0.25, 0.3) is 0 Å². The smallest absolute Gasteiger partial charge is 0.0102 e. The lowest BCUT2D eigenvalue weighted by Crippen LogP contribution is -1.96. The van der Waals surface area contributed by atoms with E-state index in [-0.39, 0.29) is 0 Å². The summed E-state index contributed by atoms with van der Waals surface area (Å²) in [7, 11) is 0. The molecule has 0 bridgehead atoms. The first-order chi connectivity index (χ1) is 3.35. The highest BCUT2D eigenvalue weighted by Crippen LogP contribution is 2.04. The van der Waals surface area contributed by atoms with Gasteiger partial charge < -0.3 is 0 Å². The molecule has 0 amide bonds. The summed E-state index contributed by atoms with van der Waals surface area (Å²) in [6, 6.07) is 0. The molecule has 0 unspecified atom stereocenters. The molecule has 0 fully saturated rings. The highest BCUT2D eigenvalue weighted by atomic mass is 79.9. The molecule has 0 nitrogen and oxygen atoms in total. The Bertz CT molecular complexity index is 48.0. The average molecular weight is 228 g/mol. The number of allylic oxidation sites excluding steroid dienone is 1. The first-order valence-electron chi connectivity index (χ1n) is 2.09. The number of halogens is 2. The van der Waals surface area contributed by atoms with E-state index in [4.69, 9.17) is 0 Å². The SMILES string of the molecule is C=CC(CBr)CBr. The topological polar surface area (TPSA) is 0 Å². The molecule has 7 heavy (non-hydrogen) atoms. The standard InChI is InChI=1S/C5H8Br2/c1-2-5(3-6)4-7/h2,5H,1,3-4H2. The maximum atomic E-state index is 3.64. The molecule has 0 heterocycles. The number of alkyl halides is 2. The molecule has 0 aliphatic heterocycles. The van der Waals surface area contributed by atoms with E-state index >= 15 is 0 Å². The molecule has 0 aliphatic carbocycles. The Labute approximate surface area is 61.2 Å². The Morgan fingerprint density at radius 2 is 1.86 bits per heavy atom. The number of hydrogen-bond donors (Lipinski definition) is 0. The zero-order valence-electron chi connectivity index (χ0n) is 4.03. The van der Waals surface area contributed by atoms with Gasteiger partial charge in [0, 0.05) is 10.7 Å². The average Bonchev–Trinajstić information content (AvgIpc) is 1.72. The third kappa shape index (κ3) is 3.30. The lowest BCUT2D eigenvalue weighted by molar-refractivity contribution is 0.881. The summed E-state index contributed by atoms with van der Waals surface area (Å²) in [6.45, 7) is 3.64. The van der Waals surface area contributed by atoms with Gasteiger partial charge in [-0.05, 0) is 5.92 Å². The van der Waals surface area contributed by atoms with Gasteiger partial charge in [-0.25, -0.2) is 0 Å². The van der Waals surface area contributed by atoms with Crippen LogP contribution in [-0.4, -0.2) is 10.7 Å². The van der Waals surface area contributed by atoms with Gasteiger partial charge in [0.05, 0.1) is 0 Å². The fourth-order valence-corrected chi connectivity index (χ4v) is 1.77. The Hall–Kier alpha value is 0.700. The molecular weight excluding hydrogens is 220 g/mol. The van der Waals surface area contributed by atoms with Crippen molar-refractivity contribution in [2.45, 2.75) is 0 Å². The van der Waals surface area contributed by atoms with Gasteiger partial charge in [-0.15, -0.1) is 6.58 Å². The highest BCUT2D eigenvalue weighted by molar-refractivity contribution is 9.09. The van der Waals surface area contributed by atoms with Crippen molar-refractivity contribution in [3.05, 3.63) is 12.7 Å². The van der Waals surface area contributed by atoms with E-state index in [0.29, 0.717) is 5.92 Å². The van der Waals surface area contributed by atoms with Gasteiger partial charge in [-0.3, -0.25) is 0 Å². The summed E-state index contributed by atoms with van der Waals surface area (Å²) in [5, 5.41) is 2.00. The Kier molecular flexibility index (Phi) is 5.33. The fraction of sp³-hybridized carbons (Fsp3) is 0.600. The van der Waals surface area contributed by atoms with Crippen molar-refractivity contribution < 1.29 is 0 Å². The number of rotatable bonds is 3. The van der Waals surface area contributed by atoms with Crippen LogP contribution >= 0.6 is 31.9 Å². The molecule has 0 aromatic heterocycles. The molecule has 0 aliphatic rings. The molecule has 0 saturated heterocycles. The van der Waals surface area contributed by atoms with Gasteiger partial charge in [0.1, 0.15) is 0 Å². The van der Waals surface area contributed by atoms with Crippen LogP contribution < -0.4 is 0 Å². The van der Waals surface area contributed by atoms with E-state index in [1.54, 1.807) is 0 Å². The third-order valence-corrected chi connectivity index (χ3v) is 2.39. The van der Waals surface area contributed by atoms with Crippen LogP contribution in [0.4, 0.5) is 0 Å². The van der Waals surface area contributed by atoms with Gasteiger partial charge >= 0.3 is 0 Å². The van der Waals surface area contributed by atoms with Crippen molar-refractivity contribution in [3.63, 3.8) is 0 Å². The lowest BCUT2D eigenvalue weighted by atomic mass is 10.2. The Balaban J connectivity index is 3.16. The van der Waals surface area contributed by atoms with Crippen LogP contribution in [0.3, 0.4) is 0 Å². The summed E-state index contributed by atoms with van der Waals surface area (Å²) in [6.07, 6.45) is 1.93. The molecule has 0 atom stereocenters. The Morgan fingerprint density at radius 3 is 1.86 bits per heavy atom. The van der Waals surface area contributed by atoms with E-state index in [0.717, 1.165) is 10.7 Å². The minimum absolute atomic E-state index is 0.583. The molecule has 42 valence electrons. The van der Waals surface area contributed by atoms with Crippen molar-refractivity contribution in [3.8, 4) is 0 Å². The van der Waals surface area contributed by atoms with Gasteiger partial charge in [0.15, 0.2) is 0 Å². The van der Waals surface area contributed by atoms with Crippen molar-refractivity contribution in [2.75, 3.05) is 10.7 Å². The normalized spacial score (nSPS) is 9.57. The largest absolute Gasteiger partial charge is 0.103 e. The predicted octanol–water partition coefficient (Wildman–Crippen LogP) is 2.58. The van der Waals surface area contributed by atoms with E-state index in [1.165, 1.54) is 0 Å². The highest BCUT2D eigenvalue weighted by Gasteiger charge is 1.95. The zero-order valence-corrected chi connectivity index (χ0v) is 7.20. The molecule has 0 N–H and O–H groups in total. The molecule has 0 aromatic carbocycles. The number of hydrogen-bond acceptors (Lipinski definition) is 0. The first-order valence-corrected chi connectivity index (χ1v) is 4.34.